The average Bonchev–Trinajstić information content (AvgIpc) is 3.20. The molecule has 4 rings (SSSR count). The number of ether oxygens (including phenoxy) is 1. The van der Waals surface area contributed by atoms with Crippen LogP contribution in [-0.2, 0) is 6.54 Å². The van der Waals surface area contributed by atoms with Crippen LogP contribution in [0.2, 0.25) is 0 Å². The van der Waals surface area contributed by atoms with Gasteiger partial charge >= 0.3 is 0 Å². The van der Waals surface area contributed by atoms with E-state index in [0.717, 1.165) is 22.4 Å². The summed E-state index contributed by atoms with van der Waals surface area (Å²) in [6.07, 6.45) is 1.81. The second-order valence-electron chi connectivity index (χ2n) is 7.35. The fraction of sp³-hybridized carbons (Fsp3) is 0.154. The summed E-state index contributed by atoms with van der Waals surface area (Å²) in [6, 6.07) is 25.5. The number of amides is 1. The summed E-state index contributed by atoms with van der Waals surface area (Å²) in [4.78, 5) is 13.2. The van der Waals surface area contributed by atoms with E-state index in [2.05, 4.69) is 5.32 Å². The van der Waals surface area contributed by atoms with Crippen molar-refractivity contribution in [1.29, 1.82) is 0 Å². The number of anilines is 1. The zero-order valence-corrected chi connectivity index (χ0v) is 17.7. The van der Waals surface area contributed by atoms with Crippen molar-refractivity contribution in [1.82, 2.24) is 9.78 Å². The highest BCUT2D eigenvalue weighted by Crippen LogP contribution is 2.25. The topological polar surface area (TPSA) is 56.1 Å². The van der Waals surface area contributed by atoms with Gasteiger partial charge in [-0.15, -0.1) is 0 Å². The number of nitrogens with zero attached hydrogens (tertiary/aromatic N) is 2. The van der Waals surface area contributed by atoms with Crippen LogP contribution in [0.3, 0.4) is 0 Å². The first-order valence-corrected chi connectivity index (χ1v) is 10.3. The molecule has 5 nitrogen and oxygen atoms in total. The molecule has 31 heavy (non-hydrogen) atoms. The predicted molar refractivity (Wildman–Crippen MR) is 124 cm³/mol. The molecule has 0 aliphatic heterocycles. The third-order valence-electron chi connectivity index (χ3n) is 4.94. The third kappa shape index (κ3) is 5.01. The lowest BCUT2D eigenvalue weighted by atomic mass is 10.1. The third-order valence-corrected chi connectivity index (χ3v) is 4.94. The number of rotatable bonds is 7. The van der Waals surface area contributed by atoms with Gasteiger partial charge in [-0.25, -0.2) is 0 Å². The van der Waals surface area contributed by atoms with Gasteiger partial charge in [0.1, 0.15) is 11.4 Å². The van der Waals surface area contributed by atoms with Crippen molar-refractivity contribution in [3.63, 3.8) is 0 Å². The number of nitrogens with one attached hydrogen (secondary N) is 1. The fourth-order valence-electron chi connectivity index (χ4n) is 3.36. The molecule has 0 saturated carbocycles. The fourth-order valence-corrected chi connectivity index (χ4v) is 3.36. The molecule has 1 heterocycles. The minimum Gasteiger partial charge on any atom is -0.494 e. The molecule has 1 amide bonds. The molecule has 5 heteroatoms. The zero-order chi connectivity index (χ0) is 21.6. The first-order chi connectivity index (χ1) is 15.1. The summed E-state index contributed by atoms with van der Waals surface area (Å²) in [5.74, 6) is 0.579. The standard InChI is InChI=1S/C26H25N3O2/c1-3-31-23-15-13-22(14-16-23)27-26(30)24-18-29(17-20-7-5-4-6-8-20)28-25(24)21-11-9-19(2)10-12-21/h4-16,18H,3,17H2,1-2H3,(H,27,30). The van der Waals surface area contributed by atoms with Crippen molar-refractivity contribution >= 4 is 11.6 Å². The van der Waals surface area contributed by atoms with Crippen LogP contribution in [0.1, 0.15) is 28.4 Å². The minimum atomic E-state index is -0.195. The van der Waals surface area contributed by atoms with E-state index in [-0.39, 0.29) is 5.91 Å². The molecule has 3 aromatic carbocycles. The Balaban J connectivity index is 1.63. The van der Waals surface area contributed by atoms with E-state index in [1.165, 1.54) is 0 Å². The molecule has 0 fully saturated rings. The molecule has 0 bridgehead atoms. The molecule has 0 unspecified atom stereocenters. The second kappa shape index (κ2) is 9.30. The van der Waals surface area contributed by atoms with E-state index in [1.807, 2.05) is 104 Å². The number of hydrogen-bond acceptors (Lipinski definition) is 3. The summed E-state index contributed by atoms with van der Waals surface area (Å²) < 4.78 is 7.29. The molecular weight excluding hydrogens is 386 g/mol. The Kier molecular flexibility index (Phi) is 6.13. The number of carbonyl (C=O) groups is 1. The Morgan fingerprint density at radius 3 is 2.35 bits per heavy atom. The Bertz CT molecular complexity index is 1150. The van der Waals surface area contributed by atoms with E-state index < -0.39 is 0 Å². The molecule has 0 aliphatic rings. The molecular formula is C26H25N3O2. The van der Waals surface area contributed by atoms with E-state index in [9.17, 15) is 4.79 Å². The van der Waals surface area contributed by atoms with Crippen LogP contribution in [0.25, 0.3) is 11.3 Å². The van der Waals surface area contributed by atoms with Crippen LogP contribution in [0.5, 0.6) is 5.75 Å². The van der Waals surface area contributed by atoms with Crippen LogP contribution < -0.4 is 10.1 Å². The Morgan fingerprint density at radius 1 is 0.968 bits per heavy atom. The lowest BCUT2D eigenvalue weighted by molar-refractivity contribution is 0.102. The second-order valence-corrected chi connectivity index (χ2v) is 7.35. The highest BCUT2D eigenvalue weighted by Gasteiger charge is 2.18. The number of hydrogen-bond donors (Lipinski definition) is 1. The van der Waals surface area contributed by atoms with Crippen molar-refractivity contribution in [2.24, 2.45) is 0 Å². The predicted octanol–water partition coefficient (Wildman–Crippen LogP) is 5.56. The lowest BCUT2D eigenvalue weighted by Crippen LogP contribution is -2.12. The largest absolute Gasteiger partial charge is 0.494 e. The smallest absolute Gasteiger partial charge is 0.259 e. The summed E-state index contributed by atoms with van der Waals surface area (Å²) in [5, 5.41) is 7.72. The highest BCUT2D eigenvalue weighted by atomic mass is 16.5. The molecule has 1 N–H and O–H groups in total. The van der Waals surface area contributed by atoms with Crippen LogP contribution in [0.4, 0.5) is 5.69 Å². The number of benzene rings is 3. The molecule has 1 aromatic heterocycles. The van der Waals surface area contributed by atoms with E-state index in [1.54, 1.807) is 0 Å². The van der Waals surface area contributed by atoms with Gasteiger partial charge in [0.15, 0.2) is 0 Å². The Labute approximate surface area is 182 Å². The summed E-state index contributed by atoms with van der Waals surface area (Å²) >= 11 is 0. The molecule has 156 valence electrons. The van der Waals surface area contributed by atoms with Gasteiger partial charge in [0, 0.05) is 17.4 Å². The van der Waals surface area contributed by atoms with Gasteiger partial charge in [0.25, 0.3) is 5.91 Å². The van der Waals surface area contributed by atoms with E-state index in [0.29, 0.717) is 30.1 Å². The summed E-state index contributed by atoms with van der Waals surface area (Å²) in [5.41, 5.74) is 5.10. The maximum atomic E-state index is 13.2. The van der Waals surface area contributed by atoms with Gasteiger partial charge in [-0.05, 0) is 43.7 Å². The summed E-state index contributed by atoms with van der Waals surface area (Å²) in [6.45, 7) is 5.18. The molecule has 0 radical (unpaired) electrons. The average molecular weight is 412 g/mol. The van der Waals surface area contributed by atoms with Gasteiger partial charge in [-0.2, -0.15) is 5.10 Å². The monoisotopic (exact) mass is 411 g/mol. The minimum absolute atomic E-state index is 0.195. The zero-order valence-electron chi connectivity index (χ0n) is 17.7. The molecule has 0 atom stereocenters. The van der Waals surface area contributed by atoms with Crippen LogP contribution in [0.15, 0.2) is 85.1 Å². The first kappa shape index (κ1) is 20.4. The maximum Gasteiger partial charge on any atom is 0.259 e. The highest BCUT2D eigenvalue weighted by molar-refractivity contribution is 6.08. The Hall–Kier alpha value is -3.86. The lowest BCUT2D eigenvalue weighted by Gasteiger charge is -2.07. The molecule has 4 aromatic rings. The van der Waals surface area contributed by atoms with E-state index >= 15 is 0 Å². The van der Waals surface area contributed by atoms with Crippen LogP contribution in [0, 0.1) is 6.92 Å². The number of aromatic nitrogens is 2. The van der Waals surface area contributed by atoms with Crippen molar-refractivity contribution in [2.45, 2.75) is 20.4 Å². The molecule has 0 saturated heterocycles. The van der Waals surface area contributed by atoms with Gasteiger partial charge in [-0.3, -0.25) is 9.48 Å². The number of aryl methyl sites for hydroxylation is 1. The first-order valence-electron chi connectivity index (χ1n) is 10.3. The van der Waals surface area contributed by atoms with Crippen LogP contribution in [-0.4, -0.2) is 22.3 Å². The number of carbonyl (C=O) groups excluding carboxylic acids is 1. The van der Waals surface area contributed by atoms with Gasteiger partial charge in [0.2, 0.25) is 0 Å². The molecule has 0 aliphatic carbocycles. The quantitative estimate of drug-likeness (QED) is 0.433. The van der Waals surface area contributed by atoms with Crippen molar-refractivity contribution < 1.29 is 9.53 Å². The van der Waals surface area contributed by atoms with Crippen LogP contribution >= 0.6 is 0 Å². The van der Waals surface area contributed by atoms with Gasteiger partial charge < -0.3 is 10.1 Å². The Morgan fingerprint density at radius 2 is 1.68 bits per heavy atom. The SMILES string of the molecule is CCOc1ccc(NC(=O)c2cn(Cc3ccccc3)nc2-c2ccc(C)cc2)cc1. The van der Waals surface area contributed by atoms with Gasteiger partial charge in [0.05, 0.1) is 18.7 Å². The van der Waals surface area contributed by atoms with Crippen molar-refractivity contribution in [3.8, 4) is 17.0 Å². The normalized spacial score (nSPS) is 10.6. The molecule has 0 spiro atoms. The van der Waals surface area contributed by atoms with Gasteiger partial charge in [-0.1, -0.05) is 60.2 Å². The van der Waals surface area contributed by atoms with E-state index in [4.69, 9.17) is 9.84 Å². The summed E-state index contributed by atoms with van der Waals surface area (Å²) in [7, 11) is 0. The van der Waals surface area contributed by atoms with Crippen molar-refractivity contribution in [3.05, 3.63) is 102 Å². The van der Waals surface area contributed by atoms with Crippen molar-refractivity contribution in [2.75, 3.05) is 11.9 Å². The maximum absolute atomic E-state index is 13.2.